The van der Waals surface area contributed by atoms with Crippen LogP contribution in [0, 0.1) is 13.8 Å². The number of amides is 3. The summed E-state index contributed by atoms with van der Waals surface area (Å²) in [5.41, 5.74) is 5.79. The average molecular weight is 601 g/mol. The number of carbonyl (C=O) groups is 4. The number of hydrogen-bond acceptors (Lipinski definition) is 12. The molecule has 0 saturated carbocycles. The summed E-state index contributed by atoms with van der Waals surface area (Å²) in [5, 5.41) is 7.00. The highest BCUT2D eigenvalue weighted by atomic mass is 16.5. The molecule has 0 atom stereocenters. The third kappa shape index (κ3) is 14.3. The molecular formula is C25H32N10O8. The molecule has 18 heteroatoms. The van der Waals surface area contributed by atoms with Gasteiger partial charge in [0.2, 0.25) is 11.9 Å². The topological polar surface area (TPSA) is 258 Å². The Morgan fingerprint density at radius 3 is 1.84 bits per heavy atom. The van der Waals surface area contributed by atoms with E-state index in [1.165, 1.54) is 42.3 Å². The lowest BCUT2D eigenvalue weighted by Crippen LogP contribution is -2.33. The van der Waals surface area contributed by atoms with Gasteiger partial charge in [0.25, 0.3) is 11.1 Å². The zero-order chi connectivity index (χ0) is 32.5. The minimum absolute atomic E-state index is 0.00808. The van der Waals surface area contributed by atoms with Crippen molar-refractivity contribution in [1.29, 1.82) is 0 Å². The maximum absolute atomic E-state index is 11.5. The number of urea groups is 1. The zero-order valence-electron chi connectivity index (χ0n) is 23.8. The van der Waals surface area contributed by atoms with E-state index < -0.39 is 24.0 Å². The molecule has 0 unspecified atom stereocenters. The Hall–Kier alpha value is -5.91. The first kappa shape index (κ1) is 35.1. The molecule has 0 radical (unpaired) electrons. The minimum atomic E-state index is -0.664. The van der Waals surface area contributed by atoms with Crippen molar-refractivity contribution in [3.63, 3.8) is 0 Å². The first-order chi connectivity index (χ1) is 20.2. The molecule has 7 N–H and O–H groups in total. The summed E-state index contributed by atoms with van der Waals surface area (Å²) < 4.78 is 10.2. The number of aromatic amines is 2. The Bertz CT molecular complexity index is 1560. The number of nitrogens with zero attached hydrogens (tertiary/aromatic N) is 4. The normalized spacial score (nSPS) is 9.51. The fraction of sp³-hybridized carbons (Fsp3) is 0.240. The molecular weight excluding hydrogens is 568 g/mol. The first-order valence-corrected chi connectivity index (χ1v) is 12.1. The second-order valence-electron chi connectivity index (χ2n) is 8.24. The molecule has 3 rings (SSSR count). The second kappa shape index (κ2) is 17.7. The zero-order valence-corrected chi connectivity index (χ0v) is 23.8. The van der Waals surface area contributed by atoms with Crippen molar-refractivity contribution in [2.75, 3.05) is 24.1 Å². The summed E-state index contributed by atoms with van der Waals surface area (Å²) >= 11 is 0. The SMILES string of the molecule is C=C(C)C(=O)OCN.C=C(C)C(=O)OCNC(=O)Nc1nc(C)cc(=O)[nH]1.Cc1cc(=O)[nH]c(NC(=O)n2ccnc2)n1. The molecule has 3 aromatic heterocycles. The number of ether oxygens (including phenoxy) is 2. The number of hydrogen-bond donors (Lipinski definition) is 6. The quantitative estimate of drug-likeness (QED) is 0.124. The monoisotopic (exact) mass is 600 g/mol. The van der Waals surface area contributed by atoms with Gasteiger partial charge in [-0.3, -0.25) is 40.5 Å². The number of H-pyrrole nitrogens is 2. The average Bonchev–Trinajstić information content (AvgIpc) is 3.44. The van der Waals surface area contributed by atoms with E-state index in [0.717, 1.165) is 0 Å². The lowest BCUT2D eigenvalue weighted by Gasteiger charge is -2.07. The van der Waals surface area contributed by atoms with E-state index in [2.05, 4.69) is 63.5 Å². The maximum Gasteiger partial charge on any atom is 0.334 e. The van der Waals surface area contributed by atoms with Crippen LogP contribution in [-0.4, -0.2) is 66.9 Å². The summed E-state index contributed by atoms with van der Waals surface area (Å²) in [6.45, 7) is 12.7. The molecule has 230 valence electrons. The van der Waals surface area contributed by atoms with E-state index in [1.54, 1.807) is 20.8 Å². The van der Waals surface area contributed by atoms with Crippen LogP contribution >= 0.6 is 0 Å². The Labute approximate surface area is 244 Å². The Morgan fingerprint density at radius 2 is 1.42 bits per heavy atom. The molecule has 3 heterocycles. The van der Waals surface area contributed by atoms with Crippen LogP contribution in [0.15, 0.2) is 64.7 Å². The van der Waals surface area contributed by atoms with Crippen LogP contribution in [0.25, 0.3) is 0 Å². The van der Waals surface area contributed by atoms with Gasteiger partial charge in [0, 0.05) is 47.1 Å². The number of imidazole rings is 1. The van der Waals surface area contributed by atoms with Crippen LogP contribution in [-0.2, 0) is 19.1 Å². The number of anilines is 2. The van der Waals surface area contributed by atoms with Gasteiger partial charge >= 0.3 is 24.0 Å². The third-order valence-electron chi connectivity index (χ3n) is 4.28. The van der Waals surface area contributed by atoms with E-state index in [4.69, 9.17) is 5.73 Å². The van der Waals surface area contributed by atoms with Crippen LogP contribution in [0.2, 0.25) is 0 Å². The van der Waals surface area contributed by atoms with Gasteiger partial charge < -0.3 is 14.8 Å². The summed E-state index contributed by atoms with van der Waals surface area (Å²) in [4.78, 5) is 82.9. The van der Waals surface area contributed by atoms with Crippen molar-refractivity contribution in [3.8, 4) is 0 Å². The van der Waals surface area contributed by atoms with Gasteiger partial charge in [-0.15, -0.1) is 0 Å². The lowest BCUT2D eigenvalue weighted by molar-refractivity contribution is -0.139. The molecule has 0 bridgehead atoms. The van der Waals surface area contributed by atoms with Crippen molar-refractivity contribution in [3.05, 3.63) is 87.3 Å². The van der Waals surface area contributed by atoms with Gasteiger partial charge in [-0.1, -0.05) is 13.2 Å². The Balaban J connectivity index is 0.000000349. The first-order valence-electron chi connectivity index (χ1n) is 12.1. The predicted octanol–water partition coefficient (Wildman–Crippen LogP) is 0.654. The highest BCUT2D eigenvalue weighted by Crippen LogP contribution is 1.98. The van der Waals surface area contributed by atoms with Crippen molar-refractivity contribution >= 4 is 35.9 Å². The number of nitrogens with one attached hydrogen (secondary N) is 5. The molecule has 3 aromatic rings. The smallest absolute Gasteiger partial charge is 0.334 e. The molecule has 0 aromatic carbocycles. The Kier molecular flexibility index (Phi) is 14.5. The summed E-state index contributed by atoms with van der Waals surface area (Å²) in [6, 6.07) is 1.53. The summed E-state index contributed by atoms with van der Waals surface area (Å²) in [6.07, 6.45) is 4.32. The standard InChI is InChI=1S/C11H14N4O4.C9H9N5O2.C5H9NO2/c1-6(2)9(17)19-5-12-11(18)15-10-13-7(3)4-8(16)14-10;1-6-4-7(15)12-8(11-6)13-9(16)14-3-2-10-5-14;1-4(2)5(7)8-3-6/h4H,1,5H2,2-3H3,(H3,12,13,14,15,16,18);2-5H,1H3,(H2,11,12,13,15,16);1,3,6H2,2H3. The van der Waals surface area contributed by atoms with Crippen LogP contribution in [0.5, 0.6) is 0 Å². The van der Waals surface area contributed by atoms with E-state index >= 15 is 0 Å². The number of nitrogens with two attached hydrogens (primary N) is 1. The molecule has 0 spiro atoms. The van der Waals surface area contributed by atoms with Gasteiger partial charge in [-0.2, -0.15) is 0 Å². The molecule has 3 amide bonds. The minimum Gasteiger partial charge on any atom is -0.447 e. The molecule has 18 nitrogen and oxygen atoms in total. The molecule has 0 aliphatic carbocycles. The molecule has 0 fully saturated rings. The van der Waals surface area contributed by atoms with Crippen molar-refractivity contribution in [2.45, 2.75) is 27.7 Å². The highest BCUT2D eigenvalue weighted by molar-refractivity contribution is 5.89. The van der Waals surface area contributed by atoms with Crippen LogP contribution in [0.3, 0.4) is 0 Å². The summed E-state index contributed by atoms with van der Waals surface area (Å²) in [5.74, 6) is -0.924. The van der Waals surface area contributed by atoms with Crippen LogP contribution in [0.1, 0.15) is 25.2 Å². The molecule has 43 heavy (non-hydrogen) atoms. The lowest BCUT2D eigenvalue weighted by atomic mass is 10.4. The van der Waals surface area contributed by atoms with E-state index in [-0.39, 0.29) is 42.0 Å². The van der Waals surface area contributed by atoms with Gasteiger partial charge in [-0.25, -0.2) is 34.1 Å². The van der Waals surface area contributed by atoms with Gasteiger partial charge in [-0.05, 0) is 27.7 Å². The largest absolute Gasteiger partial charge is 0.447 e. The number of aromatic nitrogens is 6. The number of aryl methyl sites for hydroxylation is 2. The number of esters is 2. The van der Waals surface area contributed by atoms with Gasteiger partial charge in [0.15, 0.2) is 6.73 Å². The summed E-state index contributed by atoms with van der Waals surface area (Å²) in [7, 11) is 0. The number of carbonyl (C=O) groups excluding carboxylic acids is 4. The fourth-order valence-electron chi connectivity index (χ4n) is 2.46. The number of rotatable bonds is 7. The van der Waals surface area contributed by atoms with E-state index in [1.807, 2.05) is 0 Å². The molecule has 0 saturated heterocycles. The maximum atomic E-state index is 11.5. The highest BCUT2D eigenvalue weighted by Gasteiger charge is 2.07. The second-order valence-corrected chi connectivity index (χ2v) is 8.24. The Morgan fingerprint density at radius 1 is 0.907 bits per heavy atom. The van der Waals surface area contributed by atoms with Crippen molar-refractivity contribution < 1.29 is 28.7 Å². The fourth-order valence-corrected chi connectivity index (χ4v) is 2.46. The predicted molar refractivity (Wildman–Crippen MR) is 154 cm³/mol. The molecule has 0 aliphatic rings. The van der Waals surface area contributed by atoms with Crippen molar-refractivity contribution in [1.82, 2.24) is 34.8 Å². The van der Waals surface area contributed by atoms with E-state index in [0.29, 0.717) is 17.0 Å². The van der Waals surface area contributed by atoms with Crippen LogP contribution in [0.4, 0.5) is 21.5 Å². The van der Waals surface area contributed by atoms with Crippen molar-refractivity contribution in [2.24, 2.45) is 5.73 Å². The van der Waals surface area contributed by atoms with E-state index in [9.17, 15) is 28.8 Å². The van der Waals surface area contributed by atoms with Gasteiger partial charge in [0.1, 0.15) is 13.1 Å². The molecule has 0 aliphatic heterocycles. The van der Waals surface area contributed by atoms with Crippen LogP contribution < -0.4 is 32.8 Å². The third-order valence-corrected chi connectivity index (χ3v) is 4.28. The van der Waals surface area contributed by atoms with Gasteiger partial charge in [0.05, 0.1) is 0 Å².